The Labute approximate surface area is 163 Å². The van der Waals surface area contributed by atoms with Gasteiger partial charge in [0.1, 0.15) is 10.7 Å². The highest BCUT2D eigenvalue weighted by Gasteiger charge is 2.31. The zero-order valence-corrected chi connectivity index (χ0v) is 17.0. The van der Waals surface area contributed by atoms with Crippen molar-refractivity contribution in [1.29, 1.82) is 0 Å². The fourth-order valence-electron chi connectivity index (χ4n) is 4.02. The van der Waals surface area contributed by atoms with E-state index in [1.165, 1.54) is 10.4 Å². The van der Waals surface area contributed by atoms with E-state index < -0.39 is 6.10 Å². The molecule has 0 aliphatic heterocycles. The molecule has 1 fully saturated rings. The molecule has 27 heavy (non-hydrogen) atoms. The highest BCUT2D eigenvalue weighted by Crippen LogP contribution is 2.36. The Morgan fingerprint density at radius 3 is 2.96 bits per heavy atom. The molecule has 1 saturated carbocycles. The van der Waals surface area contributed by atoms with E-state index in [0.717, 1.165) is 42.3 Å². The van der Waals surface area contributed by atoms with Crippen LogP contribution in [0.2, 0.25) is 0 Å². The first kappa shape index (κ1) is 19.1. The fourth-order valence-corrected chi connectivity index (χ4v) is 5.42. The van der Waals surface area contributed by atoms with E-state index in [9.17, 15) is 9.90 Å². The molecule has 148 valence electrons. The van der Waals surface area contributed by atoms with Crippen molar-refractivity contribution in [3.8, 4) is 0 Å². The van der Waals surface area contributed by atoms with Gasteiger partial charge in [0, 0.05) is 24.1 Å². The van der Waals surface area contributed by atoms with Crippen molar-refractivity contribution in [1.82, 2.24) is 14.9 Å². The Balaban J connectivity index is 1.55. The lowest BCUT2D eigenvalue weighted by Crippen LogP contribution is -2.37. The number of aromatic nitrogens is 2. The van der Waals surface area contributed by atoms with E-state index in [4.69, 9.17) is 9.72 Å². The van der Waals surface area contributed by atoms with Crippen LogP contribution in [0, 0.1) is 5.92 Å². The van der Waals surface area contributed by atoms with Crippen LogP contribution in [0.4, 0.5) is 0 Å². The number of ether oxygens (including phenoxy) is 1. The Hall–Kier alpha value is -1.28. The zero-order valence-electron chi connectivity index (χ0n) is 16.2. The maximum atomic E-state index is 12.8. The molecule has 0 saturated heterocycles. The van der Waals surface area contributed by atoms with Crippen molar-refractivity contribution >= 4 is 21.6 Å². The molecular formula is C20H29N3O3S. The smallest absolute Gasteiger partial charge is 0.259 e. The van der Waals surface area contributed by atoms with Crippen LogP contribution < -0.4 is 5.56 Å². The highest BCUT2D eigenvalue weighted by atomic mass is 32.1. The van der Waals surface area contributed by atoms with Gasteiger partial charge in [-0.3, -0.25) is 9.69 Å². The van der Waals surface area contributed by atoms with E-state index in [-0.39, 0.29) is 5.56 Å². The third kappa shape index (κ3) is 4.26. The SMILES string of the molecule is CCOC[C@H](O)CN(Cc1nc2sc3c(c2c(=O)[nH]1)CC[C@H](C)C3)C1CC1. The molecule has 2 aliphatic rings. The molecule has 2 N–H and O–H groups in total. The number of aryl methyl sites for hydroxylation is 1. The number of aliphatic hydroxyl groups is 1. The van der Waals surface area contributed by atoms with Gasteiger partial charge in [-0.05, 0) is 50.5 Å². The predicted octanol–water partition coefficient (Wildman–Crippen LogP) is 2.47. The van der Waals surface area contributed by atoms with Gasteiger partial charge in [-0.15, -0.1) is 11.3 Å². The quantitative estimate of drug-likeness (QED) is 0.723. The number of aromatic amines is 1. The van der Waals surface area contributed by atoms with Crippen LogP contribution >= 0.6 is 11.3 Å². The Kier molecular flexibility index (Phi) is 5.64. The molecule has 0 aromatic carbocycles. The third-order valence-corrected chi connectivity index (χ3v) is 6.74. The van der Waals surface area contributed by atoms with Crippen molar-refractivity contribution in [2.45, 2.75) is 64.6 Å². The summed E-state index contributed by atoms with van der Waals surface area (Å²) >= 11 is 1.69. The number of fused-ring (bicyclic) bond motifs is 3. The summed E-state index contributed by atoms with van der Waals surface area (Å²) in [6.45, 7) is 6.27. The van der Waals surface area contributed by atoms with E-state index in [0.29, 0.717) is 44.1 Å². The first-order chi connectivity index (χ1) is 13.0. The van der Waals surface area contributed by atoms with Gasteiger partial charge in [0.2, 0.25) is 0 Å². The zero-order chi connectivity index (χ0) is 19.0. The molecule has 4 rings (SSSR count). The van der Waals surface area contributed by atoms with Crippen LogP contribution in [0.25, 0.3) is 10.2 Å². The number of thiophene rings is 1. The average molecular weight is 392 g/mol. The number of rotatable bonds is 8. The molecule has 2 heterocycles. The Bertz CT molecular complexity index is 858. The maximum Gasteiger partial charge on any atom is 0.259 e. The standard InChI is InChI=1S/C20H29N3O3S/c1-3-26-11-14(24)9-23(13-5-6-13)10-17-21-19(25)18-15-7-4-12(2)8-16(15)27-20(18)22-17/h12-14,24H,3-11H2,1-2H3,(H,21,22,25)/t12-,14+/m0/s1. The molecule has 0 amide bonds. The van der Waals surface area contributed by atoms with E-state index >= 15 is 0 Å². The summed E-state index contributed by atoms with van der Waals surface area (Å²) < 4.78 is 5.33. The lowest BCUT2D eigenvalue weighted by molar-refractivity contribution is 0.0174. The summed E-state index contributed by atoms with van der Waals surface area (Å²) in [5.74, 6) is 1.39. The summed E-state index contributed by atoms with van der Waals surface area (Å²) in [4.78, 5) is 25.0. The van der Waals surface area contributed by atoms with Crippen LogP contribution in [0.3, 0.4) is 0 Å². The predicted molar refractivity (Wildman–Crippen MR) is 107 cm³/mol. The van der Waals surface area contributed by atoms with Crippen LogP contribution in [0.15, 0.2) is 4.79 Å². The maximum absolute atomic E-state index is 12.8. The summed E-state index contributed by atoms with van der Waals surface area (Å²) in [6, 6.07) is 0.472. The second kappa shape index (κ2) is 7.99. The summed E-state index contributed by atoms with van der Waals surface area (Å²) in [5, 5.41) is 11.0. The van der Waals surface area contributed by atoms with Gasteiger partial charge in [0.05, 0.1) is 24.6 Å². The van der Waals surface area contributed by atoms with Crippen LogP contribution in [0.1, 0.15) is 49.4 Å². The largest absolute Gasteiger partial charge is 0.389 e. The van der Waals surface area contributed by atoms with Gasteiger partial charge in [-0.25, -0.2) is 4.98 Å². The van der Waals surface area contributed by atoms with E-state index in [1.54, 1.807) is 11.3 Å². The number of nitrogens with one attached hydrogen (secondary N) is 1. The molecule has 2 aromatic heterocycles. The van der Waals surface area contributed by atoms with E-state index in [1.807, 2.05) is 6.92 Å². The molecule has 0 unspecified atom stereocenters. The van der Waals surface area contributed by atoms with Gasteiger partial charge < -0.3 is 14.8 Å². The molecule has 2 aliphatic carbocycles. The molecular weight excluding hydrogens is 362 g/mol. The Morgan fingerprint density at radius 1 is 1.41 bits per heavy atom. The average Bonchev–Trinajstić information content (AvgIpc) is 3.40. The van der Waals surface area contributed by atoms with Gasteiger partial charge in [-0.2, -0.15) is 0 Å². The lowest BCUT2D eigenvalue weighted by Gasteiger charge is -2.24. The summed E-state index contributed by atoms with van der Waals surface area (Å²) in [5.41, 5.74) is 1.22. The molecule has 0 bridgehead atoms. The molecule has 2 atom stereocenters. The molecule has 0 spiro atoms. The van der Waals surface area contributed by atoms with Gasteiger partial charge in [0.25, 0.3) is 5.56 Å². The first-order valence-corrected chi connectivity index (χ1v) is 10.9. The van der Waals surface area contributed by atoms with Gasteiger partial charge >= 0.3 is 0 Å². The van der Waals surface area contributed by atoms with Crippen LogP contribution in [-0.2, 0) is 24.1 Å². The monoisotopic (exact) mass is 391 g/mol. The normalized spacial score (nSPS) is 21.0. The van der Waals surface area contributed by atoms with Crippen molar-refractivity contribution in [2.24, 2.45) is 5.92 Å². The van der Waals surface area contributed by atoms with Crippen molar-refractivity contribution in [3.05, 3.63) is 26.6 Å². The number of H-pyrrole nitrogens is 1. The number of hydrogen-bond donors (Lipinski definition) is 2. The van der Waals surface area contributed by atoms with Gasteiger partial charge in [-0.1, -0.05) is 6.92 Å². The van der Waals surface area contributed by atoms with Crippen molar-refractivity contribution in [3.63, 3.8) is 0 Å². The molecule has 2 aromatic rings. The van der Waals surface area contributed by atoms with Crippen molar-refractivity contribution < 1.29 is 9.84 Å². The third-order valence-electron chi connectivity index (χ3n) is 5.59. The molecule has 7 heteroatoms. The lowest BCUT2D eigenvalue weighted by atomic mass is 9.89. The van der Waals surface area contributed by atoms with Crippen LogP contribution in [0.5, 0.6) is 0 Å². The topological polar surface area (TPSA) is 78.5 Å². The Morgan fingerprint density at radius 2 is 2.22 bits per heavy atom. The number of hydrogen-bond acceptors (Lipinski definition) is 6. The second-order valence-corrected chi connectivity index (χ2v) is 9.10. The first-order valence-electron chi connectivity index (χ1n) is 10.1. The highest BCUT2D eigenvalue weighted by molar-refractivity contribution is 7.18. The van der Waals surface area contributed by atoms with Crippen molar-refractivity contribution in [2.75, 3.05) is 19.8 Å². The summed E-state index contributed by atoms with van der Waals surface area (Å²) in [7, 11) is 0. The molecule has 0 radical (unpaired) electrons. The minimum absolute atomic E-state index is 0.00679. The second-order valence-electron chi connectivity index (χ2n) is 8.02. The number of aliphatic hydroxyl groups excluding tert-OH is 1. The molecule has 6 nitrogen and oxygen atoms in total. The summed E-state index contributed by atoms with van der Waals surface area (Å²) in [6.07, 6.45) is 4.95. The fraction of sp³-hybridized carbons (Fsp3) is 0.700. The van der Waals surface area contributed by atoms with Gasteiger partial charge in [0.15, 0.2) is 0 Å². The van der Waals surface area contributed by atoms with Crippen LogP contribution in [-0.4, -0.2) is 51.9 Å². The number of nitrogens with zero attached hydrogens (tertiary/aromatic N) is 2. The minimum Gasteiger partial charge on any atom is -0.389 e. The minimum atomic E-state index is -0.517. The van der Waals surface area contributed by atoms with E-state index in [2.05, 4.69) is 16.8 Å².